The average Bonchev–Trinajstić information content (AvgIpc) is 2.46. The van der Waals surface area contributed by atoms with Crippen molar-refractivity contribution >= 4 is 12.1 Å². The number of piperidine rings is 1. The highest BCUT2D eigenvalue weighted by Crippen LogP contribution is 2.41. The van der Waals surface area contributed by atoms with Crippen LogP contribution in [0.2, 0.25) is 0 Å². The molecule has 0 aliphatic carbocycles. The zero-order chi connectivity index (χ0) is 16.7. The molecule has 124 valence electrons. The van der Waals surface area contributed by atoms with Crippen molar-refractivity contribution in [1.82, 2.24) is 4.90 Å². The highest BCUT2D eigenvalue weighted by molar-refractivity contribution is 5.76. The van der Waals surface area contributed by atoms with E-state index in [4.69, 9.17) is 9.47 Å². The molecule has 1 spiro atoms. The minimum absolute atomic E-state index is 0.186. The molecule has 0 atom stereocenters. The smallest absolute Gasteiger partial charge is 0.410 e. The van der Waals surface area contributed by atoms with Crippen LogP contribution in [0.5, 0.6) is 0 Å². The fourth-order valence-corrected chi connectivity index (χ4v) is 3.33. The van der Waals surface area contributed by atoms with Crippen molar-refractivity contribution in [1.29, 1.82) is 0 Å². The maximum Gasteiger partial charge on any atom is 0.410 e. The lowest BCUT2D eigenvalue weighted by atomic mass is 9.79. The molecule has 3 rings (SSSR count). The van der Waals surface area contributed by atoms with Gasteiger partial charge in [-0.25, -0.2) is 4.79 Å². The second-order valence-electron chi connectivity index (χ2n) is 7.27. The van der Waals surface area contributed by atoms with Crippen molar-refractivity contribution in [2.45, 2.75) is 51.2 Å². The van der Waals surface area contributed by atoms with E-state index in [0.717, 1.165) is 11.1 Å². The Kier molecular flexibility index (Phi) is 3.82. The van der Waals surface area contributed by atoms with Gasteiger partial charge < -0.3 is 14.4 Å². The molecule has 2 heterocycles. The number of fused-ring (bicyclic) bond motifs is 2. The Hall–Kier alpha value is -2.04. The van der Waals surface area contributed by atoms with E-state index >= 15 is 0 Å². The fourth-order valence-electron chi connectivity index (χ4n) is 3.33. The van der Waals surface area contributed by atoms with Gasteiger partial charge in [-0.2, -0.15) is 0 Å². The number of benzene rings is 1. The summed E-state index contributed by atoms with van der Waals surface area (Å²) >= 11 is 0. The molecular weight excluding hydrogens is 294 g/mol. The van der Waals surface area contributed by atoms with Gasteiger partial charge in [0.1, 0.15) is 11.2 Å². The first-order chi connectivity index (χ1) is 10.8. The standard InChI is InChI=1S/C18H23NO4/c1-17(2,3)23-16(21)19-10-8-18(9-11-19)14-7-5-4-6-13(14)12-15(20)22-18/h4-7H,8-12H2,1-3H3. The lowest BCUT2D eigenvalue weighted by Crippen LogP contribution is -2.50. The Labute approximate surface area is 136 Å². The van der Waals surface area contributed by atoms with Gasteiger partial charge in [0.15, 0.2) is 0 Å². The van der Waals surface area contributed by atoms with E-state index < -0.39 is 11.2 Å². The molecule has 1 fully saturated rings. The minimum atomic E-state index is -0.593. The number of hydrogen-bond acceptors (Lipinski definition) is 4. The maximum absolute atomic E-state index is 12.2. The van der Waals surface area contributed by atoms with Crippen LogP contribution < -0.4 is 0 Å². The summed E-state index contributed by atoms with van der Waals surface area (Å²) in [7, 11) is 0. The summed E-state index contributed by atoms with van der Waals surface area (Å²) in [5.41, 5.74) is 1.03. The van der Waals surface area contributed by atoms with Gasteiger partial charge in [-0.15, -0.1) is 0 Å². The highest BCUT2D eigenvalue weighted by atomic mass is 16.6. The molecule has 23 heavy (non-hydrogen) atoms. The molecule has 5 nitrogen and oxygen atoms in total. The van der Waals surface area contributed by atoms with E-state index in [-0.39, 0.29) is 12.1 Å². The van der Waals surface area contributed by atoms with Crippen LogP contribution in [0.4, 0.5) is 4.79 Å². The van der Waals surface area contributed by atoms with Crippen LogP contribution >= 0.6 is 0 Å². The molecule has 1 aromatic rings. The number of nitrogens with zero attached hydrogens (tertiary/aromatic N) is 1. The normalized spacial score (nSPS) is 20.0. The molecule has 2 aliphatic rings. The van der Waals surface area contributed by atoms with Crippen molar-refractivity contribution in [3.05, 3.63) is 35.4 Å². The number of esters is 1. The van der Waals surface area contributed by atoms with E-state index in [1.54, 1.807) is 4.90 Å². The topological polar surface area (TPSA) is 55.8 Å². The van der Waals surface area contributed by atoms with Crippen LogP contribution in [0.15, 0.2) is 24.3 Å². The summed E-state index contributed by atoms with van der Waals surface area (Å²) in [6.07, 6.45) is 1.24. The van der Waals surface area contributed by atoms with Crippen molar-refractivity contribution < 1.29 is 19.1 Å². The number of likely N-dealkylation sites (tertiary alicyclic amines) is 1. The quantitative estimate of drug-likeness (QED) is 0.690. The lowest BCUT2D eigenvalue weighted by molar-refractivity contribution is -0.168. The molecule has 1 amide bonds. The molecule has 1 aromatic carbocycles. The largest absolute Gasteiger partial charge is 0.454 e. The van der Waals surface area contributed by atoms with Gasteiger partial charge in [-0.05, 0) is 31.9 Å². The Morgan fingerprint density at radius 1 is 1.22 bits per heavy atom. The number of carbonyl (C=O) groups is 2. The van der Waals surface area contributed by atoms with Crippen LogP contribution in [0, 0.1) is 0 Å². The summed E-state index contributed by atoms with van der Waals surface area (Å²) in [5.74, 6) is -0.186. The van der Waals surface area contributed by atoms with Crippen molar-refractivity contribution in [3.63, 3.8) is 0 Å². The SMILES string of the molecule is CC(C)(C)OC(=O)N1CCC2(CC1)OC(=O)Cc1ccccc12. The number of hydrogen-bond donors (Lipinski definition) is 0. The molecule has 2 aliphatic heterocycles. The average molecular weight is 317 g/mol. The summed E-state index contributed by atoms with van der Waals surface area (Å²) < 4.78 is 11.2. The van der Waals surface area contributed by atoms with Gasteiger partial charge in [-0.3, -0.25) is 4.79 Å². The second-order valence-corrected chi connectivity index (χ2v) is 7.27. The van der Waals surface area contributed by atoms with Crippen molar-refractivity contribution in [2.24, 2.45) is 0 Å². The molecule has 0 bridgehead atoms. The van der Waals surface area contributed by atoms with E-state index in [9.17, 15) is 9.59 Å². The van der Waals surface area contributed by atoms with Crippen LogP contribution in [-0.4, -0.2) is 35.7 Å². The first-order valence-corrected chi connectivity index (χ1v) is 8.07. The van der Waals surface area contributed by atoms with Gasteiger partial charge in [0.05, 0.1) is 6.42 Å². The van der Waals surface area contributed by atoms with E-state index in [1.165, 1.54) is 0 Å². The Balaban J connectivity index is 1.76. The monoisotopic (exact) mass is 317 g/mol. The van der Waals surface area contributed by atoms with Gasteiger partial charge >= 0.3 is 12.1 Å². The van der Waals surface area contributed by atoms with Gasteiger partial charge in [0, 0.05) is 25.9 Å². The summed E-state index contributed by atoms with van der Waals surface area (Å²) in [6.45, 7) is 6.62. The van der Waals surface area contributed by atoms with Crippen molar-refractivity contribution in [3.8, 4) is 0 Å². The molecule has 0 radical (unpaired) electrons. The van der Waals surface area contributed by atoms with Gasteiger partial charge in [0.25, 0.3) is 0 Å². The Morgan fingerprint density at radius 2 is 1.87 bits per heavy atom. The molecule has 0 saturated carbocycles. The van der Waals surface area contributed by atoms with Gasteiger partial charge in [-0.1, -0.05) is 24.3 Å². The van der Waals surface area contributed by atoms with Crippen LogP contribution in [0.1, 0.15) is 44.7 Å². The number of ether oxygens (including phenoxy) is 2. The van der Waals surface area contributed by atoms with E-state index in [0.29, 0.717) is 32.4 Å². The molecular formula is C18H23NO4. The third kappa shape index (κ3) is 3.19. The molecule has 0 unspecified atom stereocenters. The van der Waals surface area contributed by atoms with Crippen LogP contribution in [-0.2, 0) is 26.3 Å². The second kappa shape index (κ2) is 5.55. The van der Waals surface area contributed by atoms with Crippen LogP contribution in [0.3, 0.4) is 0 Å². The molecule has 1 saturated heterocycles. The lowest BCUT2D eigenvalue weighted by Gasteiger charge is -2.44. The first kappa shape index (κ1) is 15.8. The summed E-state index contributed by atoms with van der Waals surface area (Å²) in [6, 6.07) is 7.93. The van der Waals surface area contributed by atoms with Crippen molar-refractivity contribution in [2.75, 3.05) is 13.1 Å². The number of amides is 1. The predicted molar refractivity (Wildman–Crippen MR) is 85.0 cm³/mol. The van der Waals surface area contributed by atoms with E-state index in [1.807, 2.05) is 45.0 Å². The predicted octanol–water partition coefficient (Wildman–Crippen LogP) is 3.01. The Bertz CT molecular complexity index is 624. The minimum Gasteiger partial charge on any atom is -0.454 e. The zero-order valence-electron chi connectivity index (χ0n) is 13.9. The molecule has 5 heteroatoms. The summed E-state index contributed by atoms with van der Waals surface area (Å²) in [5, 5.41) is 0. The third-order valence-electron chi connectivity index (χ3n) is 4.38. The van der Waals surface area contributed by atoms with E-state index in [2.05, 4.69) is 0 Å². The number of rotatable bonds is 0. The van der Waals surface area contributed by atoms with Gasteiger partial charge in [0.2, 0.25) is 0 Å². The molecule has 0 N–H and O–H groups in total. The zero-order valence-corrected chi connectivity index (χ0v) is 13.9. The molecule has 0 aromatic heterocycles. The third-order valence-corrected chi connectivity index (χ3v) is 4.38. The maximum atomic E-state index is 12.2. The fraction of sp³-hybridized carbons (Fsp3) is 0.556. The first-order valence-electron chi connectivity index (χ1n) is 8.07. The highest BCUT2D eigenvalue weighted by Gasteiger charge is 2.45. The van der Waals surface area contributed by atoms with Crippen LogP contribution in [0.25, 0.3) is 0 Å². The Morgan fingerprint density at radius 3 is 2.52 bits per heavy atom. The number of carbonyl (C=O) groups excluding carboxylic acids is 2. The summed E-state index contributed by atoms with van der Waals surface area (Å²) in [4.78, 5) is 25.9.